The predicted octanol–water partition coefficient (Wildman–Crippen LogP) is 0.945. The fourth-order valence-corrected chi connectivity index (χ4v) is 3.41. The van der Waals surface area contributed by atoms with Gasteiger partial charge >= 0.3 is 5.69 Å². The van der Waals surface area contributed by atoms with E-state index in [2.05, 4.69) is 15.4 Å². The largest absolute Gasteiger partial charge is 0.382 e. The topological polar surface area (TPSA) is 100.0 Å². The molecule has 1 saturated carbocycles. The molecule has 1 atom stereocenters. The second-order valence-corrected chi connectivity index (χ2v) is 6.88. The Balaban J connectivity index is 1.65. The molecule has 1 saturated heterocycles. The van der Waals surface area contributed by atoms with Gasteiger partial charge in [-0.15, -0.1) is 0 Å². The van der Waals surface area contributed by atoms with Crippen LogP contribution >= 0.6 is 0 Å². The zero-order valence-corrected chi connectivity index (χ0v) is 13.8. The number of imidazole rings is 1. The van der Waals surface area contributed by atoms with E-state index >= 15 is 0 Å². The summed E-state index contributed by atoms with van der Waals surface area (Å²) in [6.07, 6.45) is 7.18. The van der Waals surface area contributed by atoms with E-state index in [0.29, 0.717) is 36.1 Å². The summed E-state index contributed by atoms with van der Waals surface area (Å²) in [5.74, 6) is 1.46. The van der Waals surface area contributed by atoms with Crippen molar-refractivity contribution in [2.24, 2.45) is 11.8 Å². The zero-order chi connectivity index (χ0) is 16.5. The fraction of sp³-hybridized carbons (Fsp3) is 0.688. The van der Waals surface area contributed by atoms with Gasteiger partial charge in [-0.1, -0.05) is 12.8 Å². The van der Waals surface area contributed by atoms with Crippen molar-refractivity contribution < 1.29 is 4.74 Å². The van der Waals surface area contributed by atoms with E-state index in [4.69, 9.17) is 10.5 Å². The first-order valence-corrected chi connectivity index (χ1v) is 8.77. The number of nitrogens with two attached hydrogens (primary N) is 1. The number of fused-ring (bicyclic) bond motifs is 1. The van der Waals surface area contributed by atoms with E-state index in [9.17, 15) is 4.79 Å². The van der Waals surface area contributed by atoms with Crippen LogP contribution in [-0.4, -0.2) is 39.0 Å². The Morgan fingerprint density at radius 1 is 1.29 bits per heavy atom. The van der Waals surface area contributed by atoms with Crippen molar-refractivity contribution in [2.45, 2.75) is 38.6 Å². The maximum atomic E-state index is 12.9. The van der Waals surface area contributed by atoms with Crippen molar-refractivity contribution in [3.63, 3.8) is 0 Å². The standard InChI is InChI=1S/C16H24N6O2/c17-14-13-15(19-10-18-14)21(8-12-2-1-7-24-9-12)16(23)22(13)20-6-5-11-3-4-11/h10-12,20H,1-9H2,(H2,17,18,19). The first-order chi connectivity index (χ1) is 11.7. The van der Waals surface area contributed by atoms with Crippen molar-refractivity contribution in [2.75, 3.05) is 30.9 Å². The number of ether oxygens (including phenoxy) is 1. The predicted molar refractivity (Wildman–Crippen MR) is 91.3 cm³/mol. The molecule has 1 aliphatic carbocycles. The summed E-state index contributed by atoms with van der Waals surface area (Å²) >= 11 is 0. The molecule has 2 aromatic rings. The van der Waals surface area contributed by atoms with Crippen molar-refractivity contribution >= 4 is 17.0 Å². The third-order valence-electron chi connectivity index (χ3n) is 4.95. The summed E-state index contributed by atoms with van der Waals surface area (Å²) in [5.41, 5.74) is 10.3. The molecule has 1 aliphatic heterocycles. The summed E-state index contributed by atoms with van der Waals surface area (Å²) in [7, 11) is 0. The van der Waals surface area contributed by atoms with Crippen LogP contribution in [0.25, 0.3) is 11.2 Å². The summed E-state index contributed by atoms with van der Waals surface area (Å²) in [6.45, 7) is 2.85. The van der Waals surface area contributed by atoms with Gasteiger partial charge in [0.25, 0.3) is 0 Å². The Kier molecular flexibility index (Phi) is 4.13. The van der Waals surface area contributed by atoms with Crippen LogP contribution in [-0.2, 0) is 11.3 Å². The highest BCUT2D eigenvalue weighted by atomic mass is 16.5. The number of hydrogen-bond acceptors (Lipinski definition) is 6. The Hall–Kier alpha value is -2.09. The molecule has 0 amide bonds. The molecular formula is C16H24N6O2. The lowest BCUT2D eigenvalue weighted by atomic mass is 10.0. The van der Waals surface area contributed by atoms with Crippen molar-refractivity contribution in [1.82, 2.24) is 19.2 Å². The number of aromatic nitrogens is 4. The molecule has 1 unspecified atom stereocenters. The number of hydrogen-bond donors (Lipinski definition) is 2. The molecule has 8 nitrogen and oxygen atoms in total. The normalized spacial score (nSPS) is 21.2. The van der Waals surface area contributed by atoms with Gasteiger partial charge in [-0.05, 0) is 25.2 Å². The zero-order valence-electron chi connectivity index (χ0n) is 13.8. The lowest BCUT2D eigenvalue weighted by Gasteiger charge is -2.21. The number of nitrogens with one attached hydrogen (secondary N) is 1. The minimum atomic E-state index is -0.126. The molecule has 2 aromatic heterocycles. The van der Waals surface area contributed by atoms with Crippen LogP contribution < -0.4 is 16.8 Å². The number of nitrogens with zero attached hydrogens (tertiary/aromatic N) is 4. The molecule has 2 aliphatic rings. The molecule has 0 bridgehead atoms. The minimum Gasteiger partial charge on any atom is -0.382 e. The lowest BCUT2D eigenvalue weighted by molar-refractivity contribution is 0.0483. The second-order valence-electron chi connectivity index (χ2n) is 6.88. The number of nitrogen functional groups attached to an aromatic ring is 1. The van der Waals surface area contributed by atoms with Crippen LogP contribution in [0.1, 0.15) is 32.1 Å². The van der Waals surface area contributed by atoms with Gasteiger partial charge in [0.1, 0.15) is 6.33 Å². The molecule has 4 rings (SSSR count). The van der Waals surface area contributed by atoms with Crippen molar-refractivity contribution in [3.05, 3.63) is 16.8 Å². The second kappa shape index (κ2) is 6.43. The minimum absolute atomic E-state index is 0.126. The molecule has 24 heavy (non-hydrogen) atoms. The lowest BCUT2D eigenvalue weighted by Crippen LogP contribution is -2.34. The Morgan fingerprint density at radius 2 is 2.17 bits per heavy atom. The van der Waals surface area contributed by atoms with E-state index in [1.54, 1.807) is 4.57 Å². The first-order valence-electron chi connectivity index (χ1n) is 8.77. The maximum absolute atomic E-state index is 12.9. The quantitative estimate of drug-likeness (QED) is 0.817. The summed E-state index contributed by atoms with van der Waals surface area (Å²) in [6, 6.07) is 0. The highest BCUT2D eigenvalue weighted by molar-refractivity contribution is 5.82. The molecule has 0 radical (unpaired) electrons. The van der Waals surface area contributed by atoms with Gasteiger partial charge in [0, 0.05) is 25.6 Å². The van der Waals surface area contributed by atoms with Crippen LogP contribution in [0.3, 0.4) is 0 Å². The molecular weight excluding hydrogens is 308 g/mol. The molecule has 2 fully saturated rings. The van der Waals surface area contributed by atoms with Gasteiger partial charge in [-0.25, -0.2) is 19.4 Å². The smallest absolute Gasteiger partial charge is 0.349 e. The average molecular weight is 332 g/mol. The van der Waals surface area contributed by atoms with E-state index in [1.807, 2.05) is 0 Å². The van der Waals surface area contributed by atoms with Gasteiger partial charge in [0.15, 0.2) is 17.0 Å². The highest BCUT2D eigenvalue weighted by Crippen LogP contribution is 2.31. The van der Waals surface area contributed by atoms with Crippen LogP contribution in [0.2, 0.25) is 0 Å². The summed E-state index contributed by atoms with van der Waals surface area (Å²) in [5, 5.41) is 0. The first kappa shape index (κ1) is 15.4. The van der Waals surface area contributed by atoms with Crippen molar-refractivity contribution in [3.8, 4) is 0 Å². The molecule has 0 aromatic carbocycles. The van der Waals surface area contributed by atoms with Gasteiger partial charge < -0.3 is 15.9 Å². The molecule has 0 spiro atoms. The van der Waals surface area contributed by atoms with Crippen LogP contribution in [0.5, 0.6) is 0 Å². The highest BCUT2D eigenvalue weighted by Gasteiger charge is 2.23. The summed E-state index contributed by atoms with van der Waals surface area (Å²) < 4.78 is 8.77. The van der Waals surface area contributed by atoms with E-state index in [1.165, 1.54) is 23.8 Å². The maximum Gasteiger partial charge on any atom is 0.349 e. The summed E-state index contributed by atoms with van der Waals surface area (Å²) in [4.78, 5) is 21.3. The Morgan fingerprint density at radius 3 is 2.92 bits per heavy atom. The molecule has 3 N–H and O–H groups in total. The number of rotatable bonds is 6. The van der Waals surface area contributed by atoms with E-state index < -0.39 is 0 Å². The van der Waals surface area contributed by atoms with Gasteiger partial charge in [0.05, 0.1) is 6.61 Å². The third-order valence-corrected chi connectivity index (χ3v) is 4.95. The van der Waals surface area contributed by atoms with Gasteiger partial charge in [0.2, 0.25) is 0 Å². The Bertz CT molecular complexity index is 773. The molecule has 3 heterocycles. The van der Waals surface area contributed by atoms with E-state index in [-0.39, 0.29) is 5.69 Å². The van der Waals surface area contributed by atoms with Crippen LogP contribution in [0, 0.1) is 11.8 Å². The number of anilines is 1. The monoisotopic (exact) mass is 332 g/mol. The van der Waals surface area contributed by atoms with Crippen LogP contribution in [0.15, 0.2) is 11.1 Å². The SMILES string of the molecule is Nc1ncnc2c1n(NCCC1CC1)c(=O)n2CC1CCCOC1. The van der Waals surface area contributed by atoms with E-state index in [0.717, 1.165) is 38.3 Å². The third kappa shape index (κ3) is 2.98. The average Bonchev–Trinajstić information content (AvgIpc) is 3.38. The van der Waals surface area contributed by atoms with Gasteiger partial charge in [-0.3, -0.25) is 4.57 Å². The molecule has 130 valence electrons. The van der Waals surface area contributed by atoms with Crippen LogP contribution in [0.4, 0.5) is 5.82 Å². The Labute approximate surface area is 140 Å². The van der Waals surface area contributed by atoms with Gasteiger partial charge in [-0.2, -0.15) is 0 Å². The fourth-order valence-electron chi connectivity index (χ4n) is 3.41. The van der Waals surface area contributed by atoms with Crippen molar-refractivity contribution in [1.29, 1.82) is 0 Å². The molecule has 8 heteroatoms.